The zero-order valence-electron chi connectivity index (χ0n) is 12.9. The van der Waals surface area contributed by atoms with E-state index in [1.807, 2.05) is 0 Å². The highest BCUT2D eigenvalue weighted by molar-refractivity contribution is 9.10. The van der Waals surface area contributed by atoms with Gasteiger partial charge in [0.15, 0.2) is 0 Å². The summed E-state index contributed by atoms with van der Waals surface area (Å²) in [7, 11) is 0. The molecule has 1 aromatic rings. The van der Waals surface area contributed by atoms with Crippen LogP contribution >= 0.6 is 15.9 Å². The minimum atomic E-state index is 0.498. The second-order valence-electron chi connectivity index (χ2n) is 6.36. The standard InChI is InChI=1S/C17H27BrN2/c1-13(2)11-17-12-20(10-4-9-19-17)14(3)15-5-7-16(18)8-6-15/h5-8,13-14,17,19H,4,9-12H2,1-3H3. The van der Waals surface area contributed by atoms with Gasteiger partial charge in [-0.25, -0.2) is 0 Å². The van der Waals surface area contributed by atoms with Crippen molar-refractivity contribution in [2.45, 2.75) is 45.7 Å². The molecule has 1 saturated heterocycles. The van der Waals surface area contributed by atoms with Crippen molar-refractivity contribution in [3.63, 3.8) is 0 Å². The molecule has 1 aliphatic rings. The summed E-state index contributed by atoms with van der Waals surface area (Å²) in [5, 5.41) is 3.71. The quantitative estimate of drug-likeness (QED) is 0.884. The molecule has 112 valence electrons. The van der Waals surface area contributed by atoms with Gasteiger partial charge in [0, 0.05) is 29.6 Å². The second-order valence-corrected chi connectivity index (χ2v) is 7.27. The number of nitrogens with one attached hydrogen (secondary N) is 1. The van der Waals surface area contributed by atoms with Gasteiger partial charge in [0.1, 0.15) is 0 Å². The van der Waals surface area contributed by atoms with Crippen LogP contribution in [0.15, 0.2) is 28.7 Å². The molecule has 0 aromatic heterocycles. The van der Waals surface area contributed by atoms with Crippen molar-refractivity contribution in [2.75, 3.05) is 19.6 Å². The van der Waals surface area contributed by atoms with Crippen LogP contribution in [0.25, 0.3) is 0 Å². The zero-order valence-corrected chi connectivity index (χ0v) is 14.5. The van der Waals surface area contributed by atoms with Crippen molar-refractivity contribution < 1.29 is 0 Å². The second kappa shape index (κ2) is 7.58. The van der Waals surface area contributed by atoms with Crippen LogP contribution < -0.4 is 5.32 Å². The largest absolute Gasteiger partial charge is 0.313 e. The van der Waals surface area contributed by atoms with Crippen molar-refractivity contribution in [2.24, 2.45) is 5.92 Å². The van der Waals surface area contributed by atoms with E-state index in [4.69, 9.17) is 0 Å². The van der Waals surface area contributed by atoms with Crippen LogP contribution in [-0.2, 0) is 0 Å². The fourth-order valence-electron chi connectivity index (χ4n) is 3.06. The summed E-state index contributed by atoms with van der Waals surface area (Å²) in [4.78, 5) is 2.64. The Kier molecular flexibility index (Phi) is 6.06. The third-order valence-corrected chi connectivity index (χ3v) is 4.69. The van der Waals surface area contributed by atoms with E-state index in [0.29, 0.717) is 12.1 Å². The van der Waals surface area contributed by atoms with E-state index in [0.717, 1.165) is 23.5 Å². The van der Waals surface area contributed by atoms with Crippen LogP contribution in [0.2, 0.25) is 0 Å². The summed E-state index contributed by atoms with van der Waals surface area (Å²) in [5.41, 5.74) is 1.42. The lowest BCUT2D eigenvalue weighted by Gasteiger charge is -2.31. The molecule has 2 atom stereocenters. The van der Waals surface area contributed by atoms with Crippen LogP contribution in [0.5, 0.6) is 0 Å². The Labute approximate surface area is 132 Å². The van der Waals surface area contributed by atoms with Crippen molar-refractivity contribution in [1.82, 2.24) is 10.2 Å². The van der Waals surface area contributed by atoms with Gasteiger partial charge in [-0.3, -0.25) is 4.90 Å². The van der Waals surface area contributed by atoms with Crippen LogP contribution in [-0.4, -0.2) is 30.6 Å². The summed E-state index contributed by atoms with van der Waals surface area (Å²) in [6, 6.07) is 9.91. The molecule has 1 aromatic carbocycles. The lowest BCUT2D eigenvalue weighted by atomic mass is 10.0. The molecule has 1 aliphatic heterocycles. The van der Waals surface area contributed by atoms with Crippen molar-refractivity contribution in [3.05, 3.63) is 34.3 Å². The maximum absolute atomic E-state index is 3.71. The Hall–Kier alpha value is -0.380. The molecular weight excluding hydrogens is 312 g/mol. The molecule has 0 amide bonds. The molecule has 2 unspecified atom stereocenters. The highest BCUT2D eigenvalue weighted by Crippen LogP contribution is 2.24. The molecule has 1 heterocycles. The summed E-state index contributed by atoms with van der Waals surface area (Å²) in [5.74, 6) is 0.760. The first-order valence-electron chi connectivity index (χ1n) is 7.79. The molecule has 1 N–H and O–H groups in total. The third-order valence-electron chi connectivity index (χ3n) is 4.17. The average molecular weight is 339 g/mol. The van der Waals surface area contributed by atoms with E-state index in [1.54, 1.807) is 0 Å². The normalized spacial score (nSPS) is 22.8. The fraction of sp³-hybridized carbons (Fsp3) is 0.647. The topological polar surface area (TPSA) is 15.3 Å². The molecule has 20 heavy (non-hydrogen) atoms. The number of hydrogen-bond acceptors (Lipinski definition) is 2. The number of nitrogens with zero attached hydrogens (tertiary/aromatic N) is 1. The molecule has 2 rings (SSSR count). The highest BCUT2D eigenvalue weighted by Gasteiger charge is 2.22. The molecule has 2 nitrogen and oxygen atoms in total. The fourth-order valence-corrected chi connectivity index (χ4v) is 3.32. The van der Waals surface area contributed by atoms with E-state index in [1.165, 1.54) is 24.9 Å². The van der Waals surface area contributed by atoms with Gasteiger partial charge in [0.25, 0.3) is 0 Å². The summed E-state index contributed by atoms with van der Waals surface area (Å²) in [6.07, 6.45) is 2.51. The molecule has 0 bridgehead atoms. The molecule has 1 fully saturated rings. The van der Waals surface area contributed by atoms with Crippen molar-refractivity contribution in [1.29, 1.82) is 0 Å². The van der Waals surface area contributed by atoms with Crippen molar-refractivity contribution >= 4 is 15.9 Å². The Morgan fingerprint density at radius 2 is 1.95 bits per heavy atom. The molecule has 0 aliphatic carbocycles. The highest BCUT2D eigenvalue weighted by atomic mass is 79.9. The zero-order chi connectivity index (χ0) is 14.5. The van der Waals surface area contributed by atoms with E-state index < -0.39 is 0 Å². The van der Waals surface area contributed by atoms with Crippen LogP contribution in [0, 0.1) is 5.92 Å². The number of benzene rings is 1. The smallest absolute Gasteiger partial charge is 0.0320 e. The Morgan fingerprint density at radius 3 is 2.60 bits per heavy atom. The predicted molar refractivity (Wildman–Crippen MR) is 90.0 cm³/mol. The van der Waals surface area contributed by atoms with Gasteiger partial charge < -0.3 is 5.32 Å². The number of hydrogen-bond donors (Lipinski definition) is 1. The molecule has 3 heteroatoms. The summed E-state index contributed by atoms with van der Waals surface area (Å²) >= 11 is 3.52. The summed E-state index contributed by atoms with van der Waals surface area (Å²) < 4.78 is 1.16. The predicted octanol–water partition coefficient (Wildman–Crippen LogP) is 4.22. The SMILES string of the molecule is CC(C)CC1CN(C(C)c2ccc(Br)cc2)CCCN1. The van der Waals surface area contributed by atoms with Crippen LogP contribution in [0.1, 0.15) is 45.2 Å². The summed E-state index contributed by atoms with van der Waals surface area (Å²) in [6.45, 7) is 10.5. The van der Waals surface area contributed by atoms with E-state index in [2.05, 4.69) is 71.2 Å². The monoisotopic (exact) mass is 338 g/mol. The first kappa shape index (κ1) is 16.0. The molecule has 0 spiro atoms. The molecule has 0 radical (unpaired) electrons. The van der Waals surface area contributed by atoms with E-state index in [-0.39, 0.29) is 0 Å². The third kappa shape index (κ3) is 4.57. The lowest BCUT2D eigenvalue weighted by Crippen LogP contribution is -2.39. The van der Waals surface area contributed by atoms with Gasteiger partial charge in [-0.2, -0.15) is 0 Å². The Bertz CT molecular complexity index is 402. The lowest BCUT2D eigenvalue weighted by molar-refractivity contribution is 0.199. The molecule has 0 saturated carbocycles. The average Bonchev–Trinajstić information content (AvgIpc) is 2.63. The van der Waals surface area contributed by atoms with Crippen LogP contribution in [0.4, 0.5) is 0 Å². The van der Waals surface area contributed by atoms with Gasteiger partial charge in [0.05, 0.1) is 0 Å². The van der Waals surface area contributed by atoms with Gasteiger partial charge >= 0.3 is 0 Å². The molecular formula is C17H27BrN2. The van der Waals surface area contributed by atoms with Gasteiger partial charge in [-0.05, 0) is 49.9 Å². The minimum Gasteiger partial charge on any atom is -0.313 e. The van der Waals surface area contributed by atoms with E-state index in [9.17, 15) is 0 Å². The van der Waals surface area contributed by atoms with E-state index >= 15 is 0 Å². The Morgan fingerprint density at radius 1 is 1.25 bits per heavy atom. The van der Waals surface area contributed by atoms with Gasteiger partial charge in [0.2, 0.25) is 0 Å². The number of rotatable bonds is 4. The van der Waals surface area contributed by atoms with Crippen LogP contribution in [0.3, 0.4) is 0 Å². The van der Waals surface area contributed by atoms with Gasteiger partial charge in [-0.15, -0.1) is 0 Å². The minimum absolute atomic E-state index is 0.498. The first-order valence-corrected chi connectivity index (χ1v) is 8.58. The van der Waals surface area contributed by atoms with Gasteiger partial charge in [-0.1, -0.05) is 41.9 Å². The maximum atomic E-state index is 3.71. The number of halogens is 1. The van der Waals surface area contributed by atoms with Crippen molar-refractivity contribution in [3.8, 4) is 0 Å². The maximum Gasteiger partial charge on any atom is 0.0320 e. The Balaban J connectivity index is 2.03. The first-order chi connectivity index (χ1) is 9.56.